The molecule has 2 aliphatic heterocycles. The molecule has 2 fully saturated rings. The van der Waals surface area contributed by atoms with E-state index in [0.29, 0.717) is 40.8 Å². The number of aliphatic hydroxyl groups is 1. The van der Waals surface area contributed by atoms with Crippen LogP contribution in [0.1, 0.15) is 33.1 Å². The van der Waals surface area contributed by atoms with Gasteiger partial charge >= 0.3 is 6.01 Å². The van der Waals surface area contributed by atoms with Crippen LogP contribution in [0.5, 0.6) is 11.8 Å². The zero-order valence-electron chi connectivity index (χ0n) is 21.0. The second-order valence-corrected chi connectivity index (χ2v) is 10.8. The van der Waals surface area contributed by atoms with Gasteiger partial charge in [0.1, 0.15) is 17.1 Å². The van der Waals surface area contributed by atoms with Gasteiger partial charge in [0.2, 0.25) is 0 Å². The van der Waals surface area contributed by atoms with Crippen molar-refractivity contribution in [2.75, 3.05) is 24.6 Å². The number of ether oxygens (including phenoxy) is 1. The van der Waals surface area contributed by atoms with Crippen LogP contribution >= 0.6 is 0 Å². The highest BCUT2D eigenvalue weighted by molar-refractivity contribution is 6.01. The van der Waals surface area contributed by atoms with E-state index in [-0.39, 0.29) is 23.9 Å². The lowest BCUT2D eigenvalue weighted by molar-refractivity contribution is 0.0540. The van der Waals surface area contributed by atoms with Crippen LogP contribution in [0.2, 0.25) is 0 Å². The van der Waals surface area contributed by atoms with Crippen LogP contribution in [0, 0.1) is 5.82 Å². The van der Waals surface area contributed by atoms with Crippen molar-refractivity contribution in [3.05, 3.63) is 54.3 Å². The van der Waals surface area contributed by atoms with Gasteiger partial charge in [-0.05, 0) is 61.2 Å². The van der Waals surface area contributed by atoms with Crippen LogP contribution in [0.25, 0.3) is 32.8 Å². The average molecular weight is 503 g/mol. The molecule has 192 valence electrons. The highest BCUT2D eigenvalue weighted by Crippen LogP contribution is 2.39. The summed E-state index contributed by atoms with van der Waals surface area (Å²) in [6, 6.07) is 15.3. The zero-order valence-corrected chi connectivity index (χ0v) is 21.0. The number of halogens is 1. The van der Waals surface area contributed by atoms with Gasteiger partial charge in [-0.15, -0.1) is 0 Å². The van der Waals surface area contributed by atoms with Gasteiger partial charge in [-0.2, -0.15) is 9.97 Å². The first kappa shape index (κ1) is 23.9. The largest absolute Gasteiger partial charge is 0.508 e. The standard InChI is InChI=1S/C29H31FN4O3/c1-29(2,36)11-12-37-28-32-26-23(27(33-28)34-15-18-7-8-19(16-34)31-18)10-9-22(25(26)30)24-14-20(35)13-17-5-3-4-6-21(17)24/h3-6,9-10,13-14,18-19,31,35-36H,7-8,11-12,15-16H2,1-2H3/t18-,19+. The number of anilines is 1. The van der Waals surface area contributed by atoms with Crippen molar-refractivity contribution >= 4 is 27.5 Å². The Morgan fingerprint density at radius 2 is 1.78 bits per heavy atom. The van der Waals surface area contributed by atoms with Gasteiger partial charge < -0.3 is 25.2 Å². The molecule has 0 spiro atoms. The predicted octanol–water partition coefficient (Wildman–Crippen LogP) is 4.78. The molecule has 37 heavy (non-hydrogen) atoms. The van der Waals surface area contributed by atoms with E-state index in [1.165, 1.54) is 0 Å². The van der Waals surface area contributed by atoms with Crippen molar-refractivity contribution < 1.29 is 19.3 Å². The molecule has 4 aromatic rings. The molecule has 0 aliphatic carbocycles. The molecule has 3 heterocycles. The number of hydrogen-bond acceptors (Lipinski definition) is 7. The van der Waals surface area contributed by atoms with Gasteiger partial charge in [0.25, 0.3) is 0 Å². The third-order valence-electron chi connectivity index (χ3n) is 7.36. The molecule has 3 aromatic carbocycles. The number of fused-ring (bicyclic) bond motifs is 4. The molecule has 8 heteroatoms. The summed E-state index contributed by atoms with van der Waals surface area (Å²) in [6.07, 6.45) is 2.61. The van der Waals surface area contributed by atoms with E-state index >= 15 is 4.39 Å². The maximum Gasteiger partial charge on any atom is 0.319 e. The van der Waals surface area contributed by atoms with Crippen molar-refractivity contribution in [2.45, 2.75) is 50.8 Å². The fourth-order valence-electron chi connectivity index (χ4n) is 5.52. The van der Waals surface area contributed by atoms with Gasteiger partial charge in [0, 0.05) is 42.5 Å². The van der Waals surface area contributed by atoms with Gasteiger partial charge in [-0.1, -0.05) is 30.3 Å². The molecule has 2 atom stereocenters. The molecule has 0 unspecified atom stereocenters. The molecule has 0 saturated carbocycles. The Balaban J connectivity index is 1.49. The number of hydrogen-bond donors (Lipinski definition) is 3. The maximum atomic E-state index is 16.3. The fraction of sp³-hybridized carbons (Fsp3) is 0.379. The third-order valence-corrected chi connectivity index (χ3v) is 7.36. The number of rotatable bonds is 6. The SMILES string of the molecule is CC(C)(O)CCOc1nc(N2C[C@H]3CC[C@@H](C2)N3)c2ccc(-c3cc(O)cc4ccccc34)c(F)c2n1. The van der Waals surface area contributed by atoms with E-state index in [9.17, 15) is 10.2 Å². The first-order valence-corrected chi connectivity index (χ1v) is 12.8. The topological polar surface area (TPSA) is 90.7 Å². The van der Waals surface area contributed by atoms with E-state index < -0.39 is 11.4 Å². The lowest BCUT2D eigenvalue weighted by Gasteiger charge is -2.34. The summed E-state index contributed by atoms with van der Waals surface area (Å²) >= 11 is 0. The minimum atomic E-state index is -0.897. The van der Waals surface area contributed by atoms with Crippen LogP contribution in [0.15, 0.2) is 48.5 Å². The Bertz CT molecular complexity index is 1470. The van der Waals surface area contributed by atoms with E-state index in [1.54, 1.807) is 32.0 Å². The highest BCUT2D eigenvalue weighted by Gasteiger charge is 2.34. The number of phenols is 1. The van der Waals surface area contributed by atoms with E-state index in [0.717, 1.165) is 36.7 Å². The van der Waals surface area contributed by atoms with Crippen LogP contribution in [-0.4, -0.2) is 57.6 Å². The minimum absolute atomic E-state index is 0.0727. The average Bonchev–Trinajstić information content (AvgIpc) is 3.20. The maximum absolute atomic E-state index is 16.3. The Hall–Kier alpha value is -3.49. The van der Waals surface area contributed by atoms with Crippen LogP contribution < -0.4 is 15.0 Å². The van der Waals surface area contributed by atoms with Crippen molar-refractivity contribution in [3.63, 3.8) is 0 Å². The summed E-state index contributed by atoms with van der Waals surface area (Å²) < 4.78 is 22.2. The monoisotopic (exact) mass is 502 g/mol. The first-order chi connectivity index (χ1) is 17.7. The molecule has 2 saturated heterocycles. The van der Waals surface area contributed by atoms with Crippen LogP contribution in [0.3, 0.4) is 0 Å². The smallest absolute Gasteiger partial charge is 0.319 e. The Morgan fingerprint density at radius 3 is 2.54 bits per heavy atom. The summed E-state index contributed by atoms with van der Waals surface area (Å²) in [7, 11) is 0. The van der Waals surface area contributed by atoms with Crippen LogP contribution in [0.4, 0.5) is 10.2 Å². The van der Waals surface area contributed by atoms with Gasteiger partial charge in [0.05, 0.1) is 12.2 Å². The number of benzene rings is 3. The molecular weight excluding hydrogens is 471 g/mol. The van der Waals surface area contributed by atoms with E-state index in [1.807, 2.05) is 30.3 Å². The lowest BCUT2D eigenvalue weighted by Crippen LogP contribution is -2.51. The van der Waals surface area contributed by atoms with Crippen LogP contribution in [-0.2, 0) is 0 Å². The van der Waals surface area contributed by atoms with Gasteiger partial charge in [-0.3, -0.25) is 0 Å². The third kappa shape index (κ3) is 4.67. The molecule has 3 N–H and O–H groups in total. The van der Waals surface area contributed by atoms with Crippen molar-refractivity contribution in [2.24, 2.45) is 0 Å². The lowest BCUT2D eigenvalue weighted by atomic mass is 9.96. The summed E-state index contributed by atoms with van der Waals surface area (Å²) in [5.41, 5.74) is 0.234. The summed E-state index contributed by atoms with van der Waals surface area (Å²) in [5.74, 6) is 0.249. The quantitative estimate of drug-likeness (QED) is 0.350. The normalized spacial score (nSPS) is 19.6. The number of aromatic nitrogens is 2. The summed E-state index contributed by atoms with van der Waals surface area (Å²) in [5, 5.41) is 26.4. The van der Waals surface area contributed by atoms with Crippen molar-refractivity contribution in [3.8, 4) is 22.9 Å². The van der Waals surface area contributed by atoms with Gasteiger partial charge in [-0.25, -0.2) is 4.39 Å². The van der Waals surface area contributed by atoms with E-state index in [2.05, 4.69) is 15.2 Å². The summed E-state index contributed by atoms with van der Waals surface area (Å²) in [6.45, 7) is 5.20. The molecule has 7 nitrogen and oxygen atoms in total. The second-order valence-electron chi connectivity index (χ2n) is 10.8. The molecule has 0 amide bonds. The number of nitrogens with one attached hydrogen (secondary N) is 1. The molecule has 2 aliphatic rings. The Labute approximate surface area is 214 Å². The Kier molecular flexibility index (Phi) is 5.88. The molecule has 0 radical (unpaired) electrons. The summed E-state index contributed by atoms with van der Waals surface area (Å²) in [4.78, 5) is 11.4. The zero-order chi connectivity index (χ0) is 25.7. The van der Waals surface area contributed by atoms with Crippen molar-refractivity contribution in [1.82, 2.24) is 15.3 Å². The fourth-order valence-corrected chi connectivity index (χ4v) is 5.52. The molecule has 2 bridgehead atoms. The number of nitrogens with zero attached hydrogens (tertiary/aromatic N) is 3. The predicted molar refractivity (Wildman–Crippen MR) is 143 cm³/mol. The molecule has 1 aromatic heterocycles. The minimum Gasteiger partial charge on any atom is -0.508 e. The number of piperazine rings is 1. The Morgan fingerprint density at radius 1 is 1.03 bits per heavy atom. The number of aromatic hydroxyl groups is 1. The van der Waals surface area contributed by atoms with Crippen molar-refractivity contribution in [1.29, 1.82) is 0 Å². The number of phenolic OH excluding ortho intramolecular Hbond substituents is 1. The first-order valence-electron chi connectivity index (χ1n) is 12.8. The second kappa shape index (κ2) is 9.11. The molecule has 6 rings (SSSR count). The molecular formula is C29H31FN4O3. The highest BCUT2D eigenvalue weighted by atomic mass is 19.1. The van der Waals surface area contributed by atoms with E-state index in [4.69, 9.17) is 9.72 Å². The van der Waals surface area contributed by atoms with Gasteiger partial charge in [0.15, 0.2) is 5.82 Å².